The van der Waals surface area contributed by atoms with Crippen LogP contribution in [-0.4, -0.2) is 63.3 Å². The van der Waals surface area contributed by atoms with E-state index in [0.717, 1.165) is 10.1 Å². The first-order valence-electron chi connectivity index (χ1n) is 12.5. The van der Waals surface area contributed by atoms with Crippen LogP contribution in [0.25, 0.3) is 33.0 Å². The van der Waals surface area contributed by atoms with Gasteiger partial charge >= 0.3 is 5.69 Å². The van der Waals surface area contributed by atoms with Gasteiger partial charge in [-0.05, 0) is 41.8 Å². The summed E-state index contributed by atoms with van der Waals surface area (Å²) in [5, 5.41) is 3.57. The van der Waals surface area contributed by atoms with Crippen molar-refractivity contribution in [3.63, 3.8) is 0 Å². The Morgan fingerprint density at radius 3 is 2.33 bits per heavy atom. The normalized spacial score (nSPS) is 14.9. The minimum atomic E-state index is -3.69. The Kier molecular flexibility index (Phi) is 7.35. The predicted molar refractivity (Wildman–Crippen MR) is 146 cm³/mol. The van der Waals surface area contributed by atoms with Crippen LogP contribution in [0.15, 0.2) is 68.1 Å². The summed E-state index contributed by atoms with van der Waals surface area (Å²) in [7, 11) is -3.69. The molecule has 2 aromatic carbocycles. The van der Waals surface area contributed by atoms with Gasteiger partial charge in [0.2, 0.25) is 10.0 Å². The van der Waals surface area contributed by atoms with Crippen molar-refractivity contribution in [2.24, 2.45) is 5.11 Å². The lowest BCUT2D eigenvalue weighted by atomic mass is 10.2. The number of imidazole rings is 1. The first kappa shape index (κ1) is 26.4. The van der Waals surface area contributed by atoms with Crippen molar-refractivity contribution in [3.8, 4) is 11.4 Å². The molecular formula is C25H27N9O4S. The number of rotatable bonds is 8. The Labute approximate surface area is 223 Å². The molecule has 0 radical (unpaired) electrons. The summed E-state index contributed by atoms with van der Waals surface area (Å²) >= 11 is 0. The van der Waals surface area contributed by atoms with Gasteiger partial charge in [-0.2, -0.15) is 4.31 Å². The molecule has 0 unspecified atom stereocenters. The molecule has 13 nitrogen and oxygen atoms in total. The minimum Gasteiger partial charge on any atom is -0.332 e. The molecule has 39 heavy (non-hydrogen) atoms. The van der Waals surface area contributed by atoms with E-state index in [1.807, 2.05) is 19.1 Å². The summed E-state index contributed by atoms with van der Waals surface area (Å²) in [5.74, 6) is 0.358. The van der Waals surface area contributed by atoms with Crippen LogP contribution in [0.2, 0.25) is 0 Å². The van der Waals surface area contributed by atoms with Gasteiger partial charge in [0.05, 0.1) is 4.90 Å². The van der Waals surface area contributed by atoms with Gasteiger partial charge in [-0.1, -0.05) is 36.3 Å². The lowest BCUT2D eigenvalue weighted by molar-refractivity contribution is 0.181. The highest BCUT2D eigenvalue weighted by molar-refractivity contribution is 7.89. The smallest absolute Gasteiger partial charge is 0.330 e. The van der Waals surface area contributed by atoms with Crippen LogP contribution in [-0.2, 0) is 23.1 Å². The highest BCUT2D eigenvalue weighted by Crippen LogP contribution is 2.23. The largest absolute Gasteiger partial charge is 0.332 e. The predicted octanol–water partition coefficient (Wildman–Crippen LogP) is 2.94. The topological polar surface area (TPSA) is 173 Å². The van der Waals surface area contributed by atoms with Crippen molar-refractivity contribution in [1.29, 1.82) is 0 Å². The lowest BCUT2D eigenvalue weighted by Crippen LogP contribution is -2.48. The molecule has 0 saturated carbocycles. The number of azide groups is 1. The van der Waals surface area contributed by atoms with Crippen LogP contribution < -0.4 is 11.2 Å². The Morgan fingerprint density at radius 1 is 1.00 bits per heavy atom. The van der Waals surface area contributed by atoms with Gasteiger partial charge < -0.3 is 4.98 Å². The maximum absolute atomic E-state index is 13.3. The molecule has 3 heterocycles. The van der Waals surface area contributed by atoms with Crippen LogP contribution in [0.4, 0.5) is 5.69 Å². The van der Waals surface area contributed by atoms with E-state index in [0.29, 0.717) is 62.8 Å². The molecule has 4 aromatic rings. The molecule has 1 fully saturated rings. The van der Waals surface area contributed by atoms with Crippen molar-refractivity contribution < 1.29 is 8.42 Å². The number of nitrogens with one attached hydrogen (secondary N) is 2. The summed E-state index contributed by atoms with van der Waals surface area (Å²) < 4.78 is 29.2. The van der Waals surface area contributed by atoms with E-state index in [9.17, 15) is 18.0 Å². The van der Waals surface area contributed by atoms with Crippen LogP contribution in [0, 0.1) is 0 Å². The van der Waals surface area contributed by atoms with Gasteiger partial charge in [-0.3, -0.25) is 19.2 Å². The zero-order valence-electron chi connectivity index (χ0n) is 21.2. The van der Waals surface area contributed by atoms with E-state index in [1.165, 1.54) is 16.4 Å². The first-order valence-corrected chi connectivity index (χ1v) is 13.9. The van der Waals surface area contributed by atoms with Crippen LogP contribution in [0.3, 0.4) is 0 Å². The quantitative estimate of drug-likeness (QED) is 0.194. The van der Waals surface area contributed by atoms with E-state index in [-0.39, 0.29) is 16.1 Å². The summed E-state index contributed by atoms with van der Waals surface area (Å²) in [6.45, 7) is 4.74. The van der Waals surface area contributed by atoms with Crippen LogP contribution >= 0.6 is 0 Å². The number of nitrogens with zero attached hydrogens (tertiary/aromatic N) is 7. The number of sulfonamides is 1. The summed E-state index contributed by atoms with van der Waals surface area (Å²) in [5.41, 5.74) is 10.1. The fourth-order valence-corrected chi connectivity index (χ4v) is 6.04. The average Bonchev–Trinajstić information content (AvgIpc) is 3.37. The number of aromatic amines is 2. The van der Waals surface area contributed by atoms with Crippen molar-refractivity contribution in [2.75, 3.05) is 26.2 Å². The average molecular weight is 550 g/mol. The summed E-state index contributed by atoms with van der Waals surface area (Å²) in [6.07, 6.45) is 0.633. The molecule has 1 saturated heterocycles. The monoisotopic (exact) mass is 549 g/mol. The molecule has 0 aliphatic carbocycles. The second kappa shape index (κ2) is 10.9. The third-order valence-electron chi connectivity index (χ3n) is 6.68. The Bertz CT molecular complexity index is 1760. The fourth-order valence-electron chi connectivity index (χ4n) is 4.62. The van der Waals surface area contributed by atoms with Crippen LogP contribution in [0.1, 0.15) is 18.9 Å². The van der Waals surface area contributed by atoms with Crippen LogP contribution in [0.5, 0.6) is 0 Å². The second-order valence-electron chi connectivity index (χ2n) is 9.26. The van der Waals surface area contributed by atoms with E-state index >= 15 is 0 Å². The van der Waals surface area contributed by atoms with Gasteiger partial charge in [0.1, 0.15) is 11.3 Å². The van der Waals surface area contributed by atoms with Gasteiger partial charge in [0.25, 0.3) is 5.56 Å². The molecule has 1 aliphatic rings. The standard InChI is InChI=1S/C25H27N9O4S/c1-2-11-34-24(35)21-23(29-25(34)36)28-22(27-21)18-5-9-20(10-6-18)39(37,38)33-14-12-32(13-15-33)16-17-3-7-19(8-4-17)30-31-26/h3-10H,2,11-16H2,1H3,(H,27,28)(H,29,36). The molecule has 2 N–H and O–H groups in total. The Morgan fingerprint density at radius 2 is 1.69 bits per heavy atom. The van der Waals surface area contributed by atoms with E-state index in [2.05, 4.69) is 29.9 Å². The van der Waals surface area contributed by atoms with E-state index in [4.69, 9.17) is 5.53 Å². The molecule has 0 bridgehead atoms. The number of benzene rings is 2. The zero-order valence-corrected chi connectivity index (χ0v) is 22.1. The zero-order chi connectivity index (χ0) is 27.6. The van der Waals surface area contributed by atoms with Crippen molar-refractivity contribution >= 4 is 26.9 Å². The number of H-pyrrole nitrogens is 2. The molecule has 1 aliphatic heterocycles. The lowest BCUT2D eigenvalue weighted by Gasteiger charge is -2.34. The molecule has 202 valence electrons. The maximum Gasteiger partial charge on any atom is 0.330 e. The number of aromatic nitrogens is 4. The van der Waals surface area contributed by atoms with Crippen molar-refractivity contribution in [2.45, 2.75) is 31.3 Å². The number of fused-ring (bicyclic) bond motifs is 1. The molecule has 0 spiro atoms. The number of hydrogen-bond donors (Lipinski definition) is 2. The second-order valence-corrected chi connectivity index (χ2v) is 11.2. The first-order chi connectivity index (χ1) is 18.8. The van der Waals surface area contributed by atoms with E-state index < -0.39 is 21.3 Å². The Balaban J connectivity index is 1.27. The van der Waals surface area contributed by atoms with Crippen molar-refractivity contribution in [1.82, 2.24) is 28.7 Å². The molecular weight excluding hydrogens is 522 g/mol. The number of hydrogen-bond acceptors (Lipinski definition) is 7. The van der Waals surface area contributed by atoms with Gasteiger partial charge in [-0.25, -0.2) is 18.2 Å². The highest BCUT2D eigenvalue weighted by Gasteiger charge is 2.28. The third kappa shape index (κ3) is 5.36. The molecule has 14 heteroatoms. The highest BCUT2D eigenvalue weighted by atomic mass is 32.2. The fraction of sp³-hybridized carbons (Fsp3) is 0.320. The van der Waals surface area contributed by atoms with Gasteiger partial charge in [-0.15, -0.1) is 0 Å². The molecule has 0 amide bonds. The summed E-state index contributed by atoms with van der Waals surface area (Å²) in [4.78, 5) is 39.9. The maximum atomic E-state index is 13.3. The Hall–Kier alpha value is -4.23. The number of piperazine rings is 1. The van der Waals surface area contributed by atoms with Gasteiger partial charge in [0.15, 0.2) is 5.65 Å². The SMILES string of the molecule is CCCn1c(=O)[nH]c2nc(-c3ccc(S(=O)(=O)N4CCN(Cc5ccc(N=[N+]=[N-])cc5)CC4)cc3)[nH]c2c1=O. The van der Waals surface area contributed by atoms with Gasteiger partial charge in [0, 0.05) is 55.4 Å². The third-order valence-corrected chi connectivity index (χ3v) is 8.59. The molecule has 2 aromatic heterocycles. The van der Waals surface area contributed by atoms with Crippen molar-refractivity contribution in [3.05, 3.63) is 85.4 Å². The summed E-state index contributed by atoms with van der Waals surface area (Å²) in [6, 6.07) is 13.6. The molecule has 0 atom stereocenters. The minimum absolute atomic E-state index is 0.161. The molecule has 5 rings (SSSR count). The van der Waals surface area contributed by atoms with E-state index in [1.54, 1.807) is 24.3 Å².